The lowest BCUT2D eigenvalue weighted by molar-refractivity contribution is 0.693. The summed E-state index contributed by atoms with van der Waals surface area (Å²) in [5, 5.41) is 4.02. The molecule has 0 bridgehead atoms. The smallest absolute Gasteiger partial charge is 0.180 e. The molecule has 17 heavy (non-hydrogen) atoms. The predicted octanol–water partition coefficient (Wildman–Crippen LogP) is 2.48. The minimum atomic E-state index is 0. The molecule has 0 radical (unpaired) electrons. The number of anilines is 1. The van der Waals surface area contributed by atoms with Crippen molar-refractivity contribution in [2.45, 2.75) is 13.0 Å². The summed E-state index contributed by atoms with van der Waals surface area (Å²) in [6, 6.07) is 10.5. The van der Waals surface area contributed by atoms with Gasteiger partial charge in [-0.05, 0) is 18.5 Å². The second-order valence-corrected chi connectivity index (χ2v) is 4.72. The third-order valence-corrected chi connectivity index (χ3v) is 3.13. The molecule has 0 unspecified atom stereocenters. The van der Waals surface area contributed by atoms with Crippen LogP contribution in [0.2, 0.25) is 0 Å². The number of rotatable bonds is 5. The van der Waals surface area contributed by atoms with Crippen molar-refractivity contribution in [3.63, 3.8) is 0 Å². The zero-order valence-electron chi connectivity index (χ0n) is 9.43. The van der Waals surface area contributed by atoms with E-state index < -0.39 is 0 Å². The van der Waals surface area contributed by atoms with Gasteiger partial charge in [0.05, 0.1) is 0 Å². The van der Waals surface area contributed by atoms with Crippen LogP contribution in [0.5, 0.6) is 0 Å². The van der Waals surface area contributed by atoms with Crippen LogP contribution in [0.4, 0.5) is 5.13 Å². The van der Waals surface area contributed by atoms with Gasteiger partial charge in [-0.3, -0.25) is 0 Å². The number of thiazole rings is 1. The fourth-order valence-electron chi connectivity index (χ4n) is 1.49. The number of halogens is 1. The third-order valence-electron chi connectivity index (χ3n) is 2.30. The van der Waals surface area contributed by atoms with Gasteiger partial charge in [-0.1, -0.05) is 30.3 Å². The summed E-state index contributed by atoms with van der Waals surface area (Å²) in [6.45, 7) is 1.82. The lowest BCUT2D eigenvalue weighted by Crippen LogP contribution is -2.15. The van der Waals surface area contributed by atoms with Crippen molar-refractivity contribution in [1.29, 1.82) is 0 Å². The number of nitrogens with two attached hydrogens (primary N) is 1. The van der Waals surface area contributed by atoms with E-state index in [-0.39, 0.29) is 12.4 Å². The van der Waals surface area contributed by atoms with Crippen molar-refractivity contribution in [2.75, 3.05) is 12.3 Å². The number of hydrogen-bond donors (Lipinski definition) is 2. The van der Waals surface area contributed by atoms with Gasteiger partial charge < -0.3 is 11.1 Å². The zero-order valence-corrected chi connectivity index (χ0v) is 11.1. The van der Waals surface area contributed by atoms with Crippen LogP contribution in [0, 0.1) is 0 Å². The highest BCUT2D eigenvalue weighted by Gasteiger charge is 1.97. The highest BCUT2D eigenvalue weighted by Crippen LogP contribution is 2.13. The van der Waals surface area contributed by atoms with Crippen LogP contribution < -0.4 is 11.1 Å². The summed E-state index contributed by atoms with van der Waals surface area (Å²) in [7, 11) is 0. The molecule has 3 N–H and O–H groups in total. The summed E-state index contributed by atoms with van der Waals surface area (Å²) in [6.07, 6.45) is 2.88. The van der Waals surface area contributed by atoms with Crippen molar-refractivity contribution < 1.29 is 0 Å². The minimum absolute atomic E-state index is 0. The lowest BCUT2D eigenvalue weighted by Gasteiger charge is -2.02. The Kier molecular flexibility index (Phi) is 5.97. The Morgan fingerprint density at radius 3 is 2.65 bits per heavy atom. The normalized spacial score (nSPS) is 9.88. The molecule has 0 aliphatic heterocycles. The summed E-state index contributed by atoms with van der Waals surface area (Å²) in [4.78, 5) is 5.20. The van der Waals surface area contributed by atoms with Crippen molar-refractivity contribution in [1.82, 2.24) is 10.3 Å². The Hall–Kier alpha value is -1.10. The number of aromatic nitrogens is 1. The SMILES string of the molecule is Cl.Nc1ncc(CNCCc2ccccc2)s1. The van der Waals surface area contributed by atoms with Crippen LogP contribution in [0.3, 0.4) is 0 Å². The maximum absolute atomic E-state index is 5.55. The molecule has 1 heterocycles. The van der Waals surface area contributed by atoms with E-state index in [1.165, 1.54) is 21.8 Å². The number of nitrogens with zero attached hydrogens (tertiary/aromatic N) is 1. The Morgan fingerprint density at radius 1 is 1.24 bits per heavy atom. The number of hydrogen-bond acceptors (Lipinski definition) is 4. The molecule has 0 saturated carbocycles. The molecule has 0 aliphatic rings. The molecule has 0 atom stereocenters. The van der Waals surface area contributed by atoms with Crippen LogP contribution >= 0.6 is 23.7 Å². The van der Waals surface area contributed by atoms with Crippen LogP contribution in [-0.2, 0) is 13.0 Å². The number of nitrogens with one attached hydrogen (secondary N) is 1. The second-order valence-electron chi connectivity index (χ2n) is 3.58. The van der Waals surface area contributed by atoms with Gasteiger partial charge in [0.25, 0.3) is 0 Å². The first kappa shape index (κ1) is 14.0. The van der Waals surface area contributed by atoms with E-state index in [1.54, 1.807) is 0 Å². The van der Waals surface area contributed by atoms with Gasteiger partial charge in [0.1, 0.15) is 0 Å². The molecule has 3 nitrogen and oxygen atoms in total. The second kappa shape index (κ2) is 7.27. The highest BCUT2D eigenvalue weighted by atomic mass is 35.5. The molecule has 1 aromatic carbocycles. The summed E-state index contributed by atoms with van der Waals surface area (Å²) in [5.74, 6) is 0. The van der Waals surface area contributed by atoms with E-state index >= 15 is 0 Å². The average Bonchev–Trinajstić information content (AvgIpc) is 2.72. The van der Waals surface area contributed by atoms with Crippen LogP contribution in [0.15, 0.2) is 36.5 Å². The van der Waals surface area contributed by atoms with E-state index in [1.807, 2.05) is 12.3 Å². The molecule has 0 saturated heterocycles. The molecule has 0 amide bonds. The Bertz CT molecular complexity index is 430. The first-order valence-electron chi connectivity index (χ1n) is 5.29. The van der Waals surface area contributed by atoms with Gasteiger partial charge >= 0.3 is 0 Å². The molecule has 92 valence electrons. The Morgan fingerprint density at radius 2 is 2.00 bits per heavy atom. The van der Waals surface area contributed by atoms with E-state index in [2.05, 4.69) is 34.6 Å². The van der Waals surface area contributed by atoms with E-state index in [0.717, 1.165) is 19.5 Å². The van der Waals surface area contributed by atoms with Gasteiger partial charge in [-0.2, -0.15) is 0 Å². The van der Waals surface area contributed by atoms with Crippen molar-refractivity contribution in [3.05, 3.63) is 47.0 Å². The fourth-order valence-corrected chi connectivity index (χ4v) is 2.15. The summed E-state index contributed by atoms with van der Waals surface area (Å²) >= 11 is 1.54. The molecule has 2 rings (SSSR count). The van der Waals surface area contributed by atoms with Gasteiger partial charge in [-0.25, -0.2) is 4.98 Å². The standard InChI is InChI=1S/C12H15N3S.ClH/c13-12-15-9-11(16-12)8-14-7-6-10-4-2-1-3-5-10;/h1-5,9,14H,6-8H2,(H2,13,15);1H. The summed E-state index contributed by atoms with van der Waals surface area (Å²) < 4.78 is 0. The monoisotopic (exact) mass is 269 g/mol. The Labute approximate surface area is 111 Å². The average molecular weight is 270 g/mol. The van der Waals surface area contributed by atoms with Crippen molar-refractivity contribution in [3.8, 4) is 0 Å². The first-order chi connectivity index (χ1) is 7.84. The van der Waals surface area contributed by atoms with Gasteiger partial charge in [-0.15, -0.1) is 23.7 Å². The molecule has 0 spiro atoms. The maximum atomic E-state index is 5.55. The highest BCUT2D eigenvalue weighted by molar-refractivity contribution is 7.15. The van der Waals surface area contributed by atoms with Crippen molar-refractivity contribution >= 4 is 28.9 Å². The molecule has 2 aromatic rings. The topological polar surface area (TPSA) is 50.9 Å². The third kappa shape index (κ3) is 4.73. The van der Waals surface area contributed by atoms with Gasteiger partial charge in [0, 0.05) is 17.6 Å². The van der Waals surface area contributed by atoms with E-state index in [9.17, 15) is 0 Å². The number of nitrogen functional groups attached to an aromatic ring is 1. The van der Waals surface area contributed by atoms with E-state index in [0.29, 0.717) is 5.13 Å². The van der Waals surface area contributed by atoms with Gasteiger partial charge in [0.2, 0.25) is 0 Å². The molecular weight excluding hydrogens is 254 g/mol. The molecule has 5 heteroatoms. The van der Waals surface area contributed by atoms with Crippen LogP contribution in [0.1, 0.15) is 10.4 Å². The fraction of sp³-hybridized carbons (Fsp3) is 0.250. The van der Waals surface area contributed by atoms with Crippen LogP contribution in [-0.4, -0.2) is 11.5 Å². The minimum Gasteiger partial charge on any atom is -0.375 e. The zero-order chi connectivity index (χ0) is 11.2. The lowest BCUT2D eigenvalue weighted by atomic mass is 10.1. The molecular formula is C12H16ClN3S. The number of benzene rings is 1. The molecule has 0 aliphatic carbocycles. The maximum Gasteiger partial charge on any atom is 0.180 e. The largest absolute Gasteiger partial charge is 0.375 e. The first-order valence-corrected chi connectivity index (χ1v) is 6.11. The van der Waals surface area contributed by atoms with Gasteiger partial charge in [0.15, 0.2) is 5.13 Å². The Balaban J connectivity index is 0.00000144. The molecule has 1 aromatic heterocycles. The summed E-state index contributed by atoms with van der Waals surface area (Å²) in [5.41, 5.74) is 6.91. The molecule has 0 fully saturated rings. The van der Waals surface area contributed by atoms with Crippen molar-refractivity contribution in [2.24, 2.45) is 0 Å². The van der Waals surface area contributed by atoms with Crippen LogP contribution in [0.25, 0.3) is 0 Å². The quantitative estimate of drug-likeness (QED) is 0.820. The van der Waals surface area contributed by atoms with E-state index in [4.69, 9.17) is 5.73 Å². The predicted molar refractivity (Wildman–Crippen MR) is 75.6 cm³/mol.